The minimum absolute atomic E-state index is 0.0212. The van der Waals surface area contributed by atoms with Gasteiger partial charge in [0.05, 0.1) is 7.11 Å². The van der Waals surface area contributed by atoms with Gasteiger partial charge < -0.3 is 15.6 Å². The Balaban J connectivity index is 3.21. The zero-order valence-corrected chi connectivity index (χ0v) is 8.86. The first-order valence-electron chi connectivity index (χ1n) is 4.68. The average Bonchev–Trinajstić information content (AvgIpc) is 2.27. The van der Waals surface area contributed by atoms with E-state index >= 15 is 0 Å². The topological polar surface area (TPSA) is 72.6 Å². The van der Waals surface area contributed by atoms with Gasteiger partial charge in [0, 0.05) is 18.1 Å². The SMILES string of the molecule is COc1ccc([C@H](C)CO)c(C(N)=O)c1. The van der Waals surface area contributed by atoms with Crippen LogP contribution in [0.4, 0.5) is 0 Å². The van der Waals surface area contributed by atoms with Gasteiger partial charge in [0.15, 0.2) is 0 Å². The predicted octanol–water partition coefficient (Wildman–Crippen LogP) is 0.890. The Bertz CT molecular complexity index is 363. The van der Waals surface area contributed by atoms with E-state index in [9.17, 15) is 4.79 Å². The van der Waals surface area contributed by atoms with Crippen molar-refractivity contribution in [3.8, 4) is 5.75 Å². The highest BCUT2D eigenvalue weighted by atomic mass is 16.5. The summed E-state index contributed by atoms with van der Waals surface area (Å²) in [6.07, 6.45) is 0. The third-order valence-electron chi connectivity index (χ3n) is 2.33. The van der Waals surface area contributed by atoms with Gasteiger partial charge in [-0.05, 0) is 17.7 Å². The van der Waals surface area contributed by atoms with Gasteiger partial charge in [-0.15, -0.1) is 0 Å². The van der Waals surface area contributed by atoms with Crippen molar-refractivity contribution in [2.45, 2.75) is 12.8 Å². The Morgan fingerprint density at radius 3 is 2.73 bits per heavy atom. The molecule has 0 fully saturated rings. The molecule has 0 aliphatic heterocycles. The molecular formula is C11H15NO3. The van der Waals surface area contributed by atoms with Gasteiger partial charge in [-0.3, -0.25) is 4.79 Å². The lowest BCUT2D eigenvalue weighted by molar-refractivity contribution is 0.0998. The second-order valence-electron chi connectivity index (χ2n) is 3.40. The molecule has 0 aromatic heterocycles. The zero-order chi connectivity index (χ0) is 11.4. The number of carbonyl (C=O) groups is 1. The van der Waals surface area contributed by atoms with E-state index in [-0.39, 0.29) is 12.5 Å². The van der Waals surface area contributed by atoms with Crippen LogP contribution >= 0.6 is 0 Å². The van der Waals surface area contributed by atoms with Crippen LogP contribution in [0.2, 0.25) is 0 Å². The molecular weight excluding hydrogens is 194 g/mol. The fraction of sp³-hybridized carbons (Fsp3) is 0.364. The Hall–Kier alpha value is -1.55. The number of methoxy groups -OCH3 is 1. The van der Waals surface area contributed by atoms with E-state index in [0.29, 0.717) is 11.3 Å². The molecule has 4 nitrogen and oxygen atoms in total. The van der Waals surface area contributed by atoms with E-state index in [2.05, 4.69) is 0 Å². The summed E-state index contributed by atoms with van der Waals surface area (Å²) >= 11 is 0. The molecule has 0 bridgehead atoms. The second-order valence-corrected chi connectivity index (χ2v) is 3.40. The highest BCUT2D eigenvalue weighted by Crippen LogP contribution is 2.23. The van der Waals surface area contributed by atoms with E-state index in [1.165, 1.54) is 7.11 Å². The van der Waals surface area contributed by atoms with Crippen LogP contribution in [0.25, 0.3) is 0 Å². The van der Waals surface area contributed by atoms with Gasteiger partial charge in [-0.25, -0.2) is 0 Å². The third kappa shape index (κ3) is 2.47. The van der Waals surface area contributed by atoms with Crippen LogP contribution in [0.5, 0.6) is 5.75 Å². The standard InChI is InChI=1S/C11H15NO3/c1-7(6-13)9-4-3-8(15-2)5-10(9)11(12)14/h3-5,7,13H,6H2,1-2H3,(H2,12,14)/t7-/m1/s1. The first kappa shape index (κ1) is 11.5. The number of hydrogen-bond acceptors (Lipinski definition) is 3. The molecule has 0 saturated carbocycles. The number of amides is 1. The van der Waals surface area contributed by atoms with E-state index in [1.807, 2.05) is 6.92 Å². The zero-order valence-electron chi connectivity index (χ0n) is 8.86. The molecule has 1 atom stereocenters. The fourth-order valence-corrected chi connectivity index (χ4v) is 1.40. The lowest BCUT2D eigenvalue weighted by atomic mass is 9.96. The van der Waals surface area contributed by atoms with Crippen LogP contribution in [0.15, 0.2) is 18.2 Å². The Morgan fingerprint density at radius 2 is 2.27 bits per heavy atom. The molecule has 0 aliphatic carbocycles. The molecule has 0 heterocycles. The molecule has 0 saturated heterocycles. The highest BCUT2D eigenvalue weighted by molar-refractivity contribution is 5.95. The summed E-state index contributed by atoms with van der Waals surface area (Å²) in [5.74, 6) is -0.0414. The smallest absolute Gasteiger partial charge is 0.249 e. The predicted molar refractivity (Wildman–Crippen MR) is 57.0 cm³/mol. The Labute approximate surface area is 88.7 Å². The van der Waals surface area contributed by atoms with Crippen LogP contribution in [0.3, 0.4) is 0 Å². The fourth-order valence-electron chi connectivity index (χ4n) is 1.40. The number of aliphatic hydroxyl groups excluding tert-OH is 1. The van der Waals surface area contributed by atoms with Gasteiger partial charge in [0.1, 0.15) is 5.75 Å². The molecule has 1 rings (SSSR count). The first-order valence-corrected chi connectivity index (χ1v) is 4.68. The van der Waals surface area contributed by atoms with Crippen molar-refractivity contribution in [2.75, 3.05) is 13.7 Å². The second kappa shape index (κ2) is 4.79. The molecule has 1 amide bonds. The number of carbonyl (C=O) groups excluding carboxylic acids is 1. The quantitative estimate of drug-likeness (QED) is 0.773. The Kier molecular flexibility index (Phi) is 3.68. The van der Waals surface area contributed by atoms with Crippen LogP contribution in [0, 0.1) is 0 Å². The van der Waals surface area contributed by atoms with Crippen LogP contribution in [0.1, 0.15) is 28.8 Å². The highest BCUT2D eigenvalue weighted by Gasteiger charge is 2.14. The van der Waals surface area contributed by atoms with E-state index in [4.69, 9.17) is 15.6 Å². The molecule has 0 spiro atoms. The molecule has 0 radical (unpaired) electrons. The van der Waals surface area contributed by atoms with Crippen molar-refractivity contribution in [1.82, 2.24) is 0 Å². The number of nitrogens with two attached hydrogens (primary N) is 1. The van der Waals surface area contributed by atoms with Gasteiger partial charge in [0.2, 0.25) is 5.91 Å². The summed E-state index contributed by atoms with van der Waals surface area (Å²) in [6.45, 7) is 1.81. The number of ether oxygens (including phenoxy) is 1. The van der Waals surface area contributed by atoms with E-state index < -0.39 is 5.91 Å². The lowest BCUT2D eigenvalue weighted by Gasteiger charge is -2.13. The summed E-state index contributed by atoms with van der Waals surface area (Å²) in [6, 6.07) is 5.08. The normalized spacial score (nSPS) is 12.2. The van der Waals surface area contributed by atoms with Crippen LogP contribution in [-0.4, -0.2) is 24.7 Å². The maximum absolute atomic E-state index is 11.2. The molecule has 1 aromatic carbocycles. The summed E-state index contributed by atoms with van der Waals surface area (Å²) < 4.78 is 5.00. The third-order valence-corrected chi connectivity index (χ3v) is 2.33. The molecule has 82 valence electrons. The molecule has 0 unspecified atom stereocenters. The monoisotopic (exact) mass is 209 g/mol. The van der Waals surface area contributed by atoms with Crippen molar-refractivity contribution >= 4 is 5.91 Å². The summed E-state index contributed by atoms with van der Waals surface area (Å²) in [5, 5.41) is 9.04. The largest absolute Gasteiger partial charge is 0.497 e. The van der Waals surface area contributed by atoms with Crippen molar-refractivity contribution in [3.05, 3.63) is 29.3 Å². The Morgan fingerprint density at radius 1 is 1.60 bits per heavy atom. The molecule has 0 aliphatic rings. The van der Waals surface area contributed by atoms with Gasteiger partial charge >= 0.3 is 0 Å². The average molecular weight is 209 g/mol. The van der Waals surface area contributed by atoms with Crippen LogP contribution < -0.4 is 10.5 Å². The maximum atomic E-state index is 11.2. The summed E-state index contributed by atoms with van der Waals surface area (Å²) in [4.78, 5) is 11.2. The lowest BCUT2D eigenvalue weighted by Crippen LogP contribution is -2.16. The number of aliphatic hydroxyl groups is 1. The van der Waals surface area contributed by atoms with E-state index in [1.54, 1.807) is 18.2 Å². The van der Waals surface area contributed by atoms with Gasteiger partial charge in [-0.1, -0.05) is 13.0 Å². The molecule has 3 N–H and O–H groups in total. The van der Waals surface area contributed by atoms with Crippen LogP contribution in [-0.2, 0) is 0 Å². The van der Waals surface area contributed by atoms with Gasteiger partial charge in [0.25, 0.3) is 0 Å². The van der Waals surface area contributed by atoms with Crippen molar-refractivity contribution < 1.29 is 14.6 Å². The summed E-state index contributed by atoms with van der Waals surface area (Å²) in [5.41, 5.74) is 6.40. The number of rotatable bonds is 4. The first-order chi connectivity index (χ1) is 7.10. The molecule has 15 heavy (non-hydrogen) atoms. The van der Waals surface area contributed by atoms with Crippen molar-refractivity contribution in [2.24, 2.45) is 5.73 Å². The minimum Gasteiger partial charge on any atom is -0.497 e. The molecule has 4 heteroatoms. The maximum Gasteiger partial charge on any atom is 0.249 e. The van der Waals surface area contributed by atoms with E-state index in [0.717, 1.165) is 5.56 Å². The number of hydrogen-bond donors (Lipinski definition) is 2. The van der Waals surface area contributed by atoms with Crippen molar-refractivity contribution in [3.63, 3.8) is 0 Å². The number of primary amides is 1. The number of benzene rings is 1. The minimum atomic E-state index is -0.510. The van der Waals surface area contributed by atoms with Gasteiger partial charge in [-0.2, -0.15) is 0 Å². The molecule has 1 aromatic rings. The summed E-state index contributed by atoms with van der Waals surface area (Å²) in [7, 11) is 1.52. The van der Waals surface area contributed by atoms with Crippen molar-refractivity contribution in [1.29, 1.82) is 0 Å².